The number of oxazole rings is 1. The molecule has 1 saturated heterocycles. The van der Waals surface area contributed by atoms with E-state index in [-0.39, 0.29) is 36.8 Å². The Labute approximate surface area is 188 Å². The molecule has 2 heterocycles. The lowest BCUT2D eigenvalue weighted by Gasteiger charge is -2.32. The molecule has 0 unspecified atom stereocenters. The molecule has 0 atom stereocenters. The first kappa shape index (κ1) is 25.7. The van der Waals surface area contributed by atoms with Gasteiger partial charge in [0.05, 0.1) is 17.3 Å². The van der Waals surface area contributed by atoms with Gasteiger partial charge in [-0.05, 0) is 37.9 Å². The lowest BCUT2D eigenvalue weighted by molar-refractivity contribution is -0.133. The van der Waals surface area contributed by atoms with E-state index in [1.165, 1.54) is 0 Å². The van der Waals surface area contributed by atoms with E-state index in [0.29, 0.717) is 42.7 Å². The maximum Gasteiger partial charge on any atom is 0.223 e. The van der Waals surface area contributed by atoms with Gasteiger partial charge in [0.1, 0.15) is 0 Å². The highest BCUT2D eigenvalue weighted by molar-refractivity contribution is 6.33. The van der Waals surface area contributed by atoms with Crippen LogP contribution in [-0.2, 0) is 16.0 Å². The van der Waals surface area contributed by atoms with Gasteiger partial charge in [-0.15, -0.1) is 24.8 Å². The summed E-state index contributed by atoms with van der Waals surface area (Å²) >= 11 is 6.18. The zero-order chi connectivity index (χ0) is 19.1. The highest BCUT2D eigenvalue weighted by Gasteiger charge is 2.23. The average molecular weight is 465 g/mol. The number of ether oxygens (including phenoxy) is 1. The average Bonchev–Trinajstić information content (AvgIpc) is 3.16. The van der Waals surface area contributed by atoms with Crippen molar-refractivity contribution in [3.05, 3.63) is 41.4 Å². The van der Waals surface area contributed by atoms with Gasteiger partial charge < -0.3 is 19.8 Å². The van der Waals surface area contributed by atoms with Crippen molar-refractivity contribution >= 4 is 42.3 Å². The number of carbonyl (C=O) groups is 1. The van der Waals surface area contributed by atoms with E-state index in [2.05, 4.69) is 4.98 Å². The first-order chi connectivity index (χ1) is 13.2. The molecule has 0 radical (unpaired) electrons. The summed E-state index contributed by atoms with van der Waals surface area (Å²) in [6, 6.07) is 7.47. The Hall–Kier alpha value is -1.31. The van der Waals surface area contributed by atoms with E-state index in [1.54, 1.807) is 6.20 Å². The number of aryl methyl sites for hydroxylation is 1. The van der Waals surface area contributed by atoms with Gasteiger partial charge in [0, 0.05) is 38.1 Å². The number of nitrogens with two attached hydrogens (primary N) is 1. The number of halogens is 3. The van der Waals surface area contributed by atoms with Crippen molar-refractivity contribution in [2.45, 2.75) is 38.2 Å². The number of rotatable bonds is 8. The van der Waals surface area contributed by atoms with Crippen molar-refractivity contribution in [1.82, 2.24) is 9.88 Å². The molecule has 3 rings (SSSR count). The van der Waals surface area contributed by atoms with Crippen LogP contribution in [0.2, 0.25) is 5.02 Å². The second-order valence-electron chi connectivity index (χ2n) is 6.69. The van der Waals surface area contributed by atoms with Crippen LogP contribution in [0.1, 0.15) is 31.6 Å². The molecule has 1 aliphatic heterocycles. The molecule has 29 heavy (non-hydrogen) atoms. The Kier molecular flexibility index (Phi) is 11.6. The van der Waals surface area contributed by atoms with Gasteiger partial charge in [0.2, 0.25) is 5.91 Å². The fraction of sp³-hybridized carbons (Fsp3) is 0.500. The zero-order valence-electron chi connectivity index (χ0n) is 16.2. The van der Waals surface area contributed by atoms with E-state index >= 15 is 0 Å². The highest BCUT2D eigenvalue weighted by atomic mass is 35.5. The fourth-order valence-electron chi connectivity index (χ4n) is 3.19. The van der Waals surface area contributed by atoms with Crippen molar-refractivity contribution < 1.29 is 13.9 Å². The Bertz CT molecular complexity index is 749. The molecule has 9 heteroatoms. The molecule has 162 valence electrons. The summed E-state index contributed by atoms with van der Waals surface area (Å²) in [4.78, 5) is 18.6. The lowest BCUT2D eigenvalue weighted by atomic mass is 10.1. The predicted octanol–water partition coefficient (Wildman–Crippen LogP) is 4.13. The summed E-state index contributed by atoms with van der Waals surface area (Å²) in [6.45, 7) is 2.83. The summed E-state index contributed by atoms with van der Waals surface area (Å²) in [5.41, 5.74) is 6.28. The van der Waals surface area contributed by atoms with Crippen LogP contribution in [0.3, 0.4) is 0 Å². The zero-order valence-corrected chi connectivity index (χ0v) is 18.6. The summed E-state index contributed by atoms with van der Waals surface area (Å²) in [5, 5.41) is 0.618. The Morgan fingerprint density at radius 1 is 1.28 bits per heavy atom. The molecular weight excluding hydrogens is 437 g/mol. The minimum absolute atomic E-state index is 0. The van der Waals surface area contributed by atoms with Crippen molar-refractivity contribution in [2.24, 2.45) is 5.73 Å². The van der Waals surface area contributed by atoms with Gasteiger partial charge in [-0.1, -0.05) is 23.7 Å². The number of likely N-dealkylation sites (tertiary alicyclic amines) is 1. The Morgan fingerprint density at radius 3 is 2.69 bits per heavy atom. The lowest BCUT2D eigenvalue weighted by Crippen LogP contribution is -2.41. The van der Waals surface area contributed by atoms with Crippen LogP contribution in [0.15, 0.2) is 34.9 Å². The van der Waals surface area contributed by atoms with Crippen LogP contribution in [-0.4, -0.2) is 48.1 Å². The van der Waals surface area contributed by atoms with Gasteiger partial charge >= 0.3 is 0 Å². The van der Waals surface area contributed by atoms with Crippen LogP contribution < -0.4 is 5.73 Å². The molecule has 2 aromatic rings. The first-order valence-electron chi connectivity index (χ1n) is 9.46. The number of carbonyl (C=O) groups excluding carboxylic acids is 1. The maximum atomic E-state index is 12.4. The van der Waals surface area contributed by atoms with Gasteiger partial charge in [-0.2, -0.15) is 0 Å². The molecular formula is C20H28Cl3N3O3. The third-order valence-corrected chi connectivity index (χ3v) is 5.07. The van der Waals surface area contributed by atoms with Crippen molar-refractivity contribution in [2.75, 3.05) is 26.2 Å². The van der Waals surface area contributed by atoms with Gasteiger partial charge in [-0.25, -0.2) is 4.98 Å². The smallest absolute Gasteiger partial charge is 0.223 e. The SMILES string of the molecule is Cl.Cl.NCCCOC1CCN(C(=O)CCc2ncc(-c3ccccc3Cl)o2)CC1. The molecule has 1 aromatic heterocycles. The summed E-state index contributed by atoms with van der Waals surface area (Å²) in [5.74, 6) is 1.31. The van der Waals surface area contributed by atoms with E-state index < -0.39 is 0 Å². The Morgan fingerprint density at radius 2 is 2.00 bits per heavy atom. The largest absolute Gasteiger partial charge is 0.441 e. The van der Waals surface area contributed by atoms with E-state index in [1.807, 2.05) is 29.2 Å². The number of amides is 1. The highest BCUT2D eigenvalue weighted by Crippen LogP contribution is 2.28. The number of hydrogen-bond donors (Lipinski definition) is 1. The van der Waals surface area contributed by atoms with Gasteiger partial charge in [0.25, 0.3) is 0 Å². The van der Waals surface area contributed by atoms with Crippen LogP contribution in [0.4, 0.5) is 0 Å². The maximum absolute atomic E-state index is 12.4. The van der Waals surface area contributed by atoms with Crippen molar-refractivity contribution in [1.29, 1.82) is 0 Å². The quantitative estimate of drug-likeness (QED) is 0.594. The third kappa shape index (κ3) is 7.46. The molecule has 0 spiro atoms. The van der Waals surface area contributed by atoms with Crippen LogP contribution in [0.5, 0.6) is 0 Å². The molecule has 1 aromatic carbocycles. The van der Waals surface area contributed by atoms with Crippen molar-refractivity contribution in [3.63, 3.8) is 0 Å². The summed E-state index contributed by atoms with van der Waals surface area (Å²) in [7, 11) is 0. The minimum Gasteiger partial charge on any atom is -0.441 e. The van der Waals surface area contributed by atoms with Gasteiger partial charge in [0.15, 0.2) is 11.7 Å². The van der Waals surface area contributed by atoms with Gasteiger partial charge in [-0.3, -0.25) is 4.79 Å². The van der Waals surface area contributed by atoms with Crippen LogP contribution in [0.25, 0.3) is 11.3 Å². The monoisotopic (exact) mass is 463 g/mol. The topological polar surface area (TPSA) is 81.6 Å². The van der Waals surface area contributed by atoms with Crippen LogP contribution in [0, 0.1) is 0 Å². The molecule has 0 saturated carbocycles. The van der Waals surface area contributed by atoms with E-state index in [4.69, 9.17) is 26.5 Å². The molecule has 2 N–H and O–H groups in total. The molecule has 0 bridgehead atoms. The van der Waals surface area contributed by atoms with Crippen LogP contribution >= 0.6 is 36.4 Å². The number of piperidine rings is 1. The number of benzene rings is 1. The summed E-state index contributed by atoms with van der Waals surface area (Å²) in [6.07, 6.45) is 5.41. The van der Waals surface area contributed by atoms with E-state index in [9.17, 15) is 4.79 Å². The predicted molar refractivity (Wildman–Crippen MR) is 119 cm³/mol. The van der Waals surface area contributed by atoms with E-state index in [0.717, 1.165) is 37.9 Å². The molecule has 0 aliphatic carbocycles. The molecule has 1 aliphatic rings. The summed E-state index contributed by atoms with van der Waals surface area (Å²) < 4.78 is 11.5. The molecule has 1 amide bonds. The first-order valence-corrected chi connectivity index (χ1v) is 9.84. The normalized spacial score (nSPS) is 14.2. The second kappa shape index (κ2) is 13.1. The second-order valence-corrected chi connectivity index (χ2v) is 7.10. The number of nitrogens with zero attached hydrogens (tertiary/aromatic N) is 2. The van der Waals surface area contributed by atoms with Crippen molar-refractivity contribution in [3.8, 4) is 11.3 Å². The fourth-order valence-corrected chi connectivity index (χ4v) is 3.42. The molecule has 6 nitrogen and oxygen atoms in total. The number of hydrogen-bond acceptors (Lipinski definition) is 5. The third-order valence-electron chi connectivity index (χ3n) is 4.74. The standard InChI is InChI=1S/C20H26ClN3O3.2ClH/c21-17-5-2-1-4-16(17)18-14-23-19(27-18)6-7-20(25)24-11-8-15(9-12-24)26-13-3-10-22;;/h1-2,4-5,14-15H,3,6-13,22H2;2*1H. The number of aromatic nitrogens is 1. The Balaban J connectivity index is 0.00000210. The minimum atomic E-state index is 0. The molecule has 1 fully saturated rings.